The zero-order valence-electron chi connectivity index (χ0n) is 27.4. The van der Waals surface area contributed by atoms with Crippen molar-refractivity contribution in [2.45, 2.75) is 106 Å². The van der Waals surface area contributed by atoms with Gasteiger partial charge in [-0.2, -0.15) is 0 Å². The highest BCUT2D eigenvalue weighted by Crippen LogP contribution is 2.65. The summed E-state index contributed by atoms with van der Waals surface area (Å²) in [5.41, 5.74) is -0.242. The summed E-state index contributed by atoms with van der Waals surface area (Å²) in [5, 5.41) is 23.9. The molecule has 3 heterocycles. The third-order valence-corrected chi connectivity index (χ3v) is 10.1. The maximum absolute atomic E-state index is 13.4. The second-order valence-corrected chi connectivity index (χ2v) is 13.5. The number of nitrogens with one attached hydrogen (secondary N) is 1. The molecule has 2 saturated heterocycles. The van der Waals surface area contributed by atoms with E-state index >= 15 is 0 Å². The van der Waals surface area contributed by atoms with Gasteiger partial charge in [-0.05, 0) is 57.5 Å². The Bertz CT molecular complexity index is 1590. The zero-order chi connectivity index (χ0) is 34.8. The lowest BCUT2D eigenvalue weighted by atomic mass is 9.50. The van der Waals surface area contributed by atoms with Crippen molar-refractivity contribution in [2.24, 2.45) is 0 Å². The summed E-state index contributed by atoms with van der Waals surface area (Å²) in [6.07, 6.45) is -1.90. The lowest BCUT2D eigenvalue weighted by molar-refractivity contribution is -0.176. The molecular weight excluding hydrogens is 632 g/mol. The van der Waals surface area contributed by atoms with E-state index in [4.69, 9.17) is 28.4 Å². The number of carboxylic acids is 1. The largest absolute Gasteiger partial charge is 0.493 e. The number of ether oxygens (including phenoxy) is 6. The van der Waals surface area contributed by atoms with Crippen LogP contribution in [0.2, 0.25) is 0 Å². The summed E-state index contributed by atoms with van der Waals surface area (Å²) in [6.45, 7) is 4.97. The first-order valence-electron chi connectivity index (χ1n) is 15.9. The molecule has 6 rings (SSSR count). The number of carbonyl (C=O) groups excluding carboxylic acids is 4. The Hall–Kier alpha value is -4.21. The Morgan fingerprint density at radius 3 is 2.60 bits per heavy atom. The highest BCUT2D eigenvalue weighted by molar-refractivity contribution is 5.89. The quantitative estimate of drug-likeness (QED) is 0.221. The number of amides is 1. The Balaban J connectivity index is 1.17. The molecule has 1 aromatic carbocycles. The number of likely N-dealkylation sites (N-methyl/N-ethyl adjacent to an activating group) is 1. The van der Waals surface area contributed by atoms with Crippen molar-refractivity contribution < 1.29 is 62.6 Å². The van der Waals surface area contributed by atoms with Crippen LogP contribution in [0.4, 0.5) is 0 Å². The Kier molecular flexibility index (Phi) is 8.45. The third kappa shape index (κ3) is 5.47. The van der Waals surface area contributed by atoms with Gasteiger partial charge in [0.2, 0.25) is 11.7 Å². The molecule has 3 N–H and O–H groups in total. The Morgan fingerprint density at radius 1 is 1.19 bits per heavy atom. The van der Waals surface area contributed by atoms with Crippen LogP contribution in [-0.2, 0) is 54.8 Å². The predicted molar refractivity (Wildman–Crippen MR) is 162 cm³/mol. The monoisotopic (exact) mass is 672 g/mol. The maximum Gasteiger partial charge on any atom is 0.352 e. The van der Waals surface area contributed by atoms with Gasteiger partial charge in [0, 0.05) is 38.3 Å². The second-order valence-electron chi connectivity index (χ2n) is 13.5. The van der Waals surface area contributed by atoms with Crippen LogP contribution in [0.25, 0.3) is 0 Å². The number of rotatable bonds is 11. The molecule has 0 aromatic heterocycles. The number of carboxylic acid groups (broad SMARTS) is 1. The number of esters is 3. The fourth-order valence-corrected chi connectivity index (χ4v) is 7.88. The molecule has 15 heteroatoms. The van der Waals surface area contributed by atoms with Crippen molar-refractivity contribution in [2.75, 3.05) is 20.7 Å². The van der Waals surface area contributed by atoms with E-state index in [9.17, 15) is 34.2 Å². The smallest absolute Gasteiger partial charge is 0.352 e. The summed E-state index contributed by atoms with van der Waals surface area (Å²) in [7, 11) is 3.51. The summed E-state index contributed by atoms with van der Waals surface area (Å²) >= 11 is 0. The van der Waals surface area contributed by atoms with Gasteiger partial charge in [-0.1, -0.05) is 6.07 Å². The van der Waals surface area contributed by atoms with Gasteiger partial charge in [0.05, 0.1) is 24.5 Å². The van der Waals surface area contributed by atoms with Crippen LogP contribution in [0.3, 0.4) is 0 Å². The molecule has 7 atom stereocenters. The Morgan fingerprint density at radius 2 is 1.94 bits per heavy atom. The first-order valence-corrected chi connectivity index (χ1v) is 15.9. The van der Waals surface area contributed by atoms with Crippen molar-refractivity contribution in [3.05, 3.63) is 35.1 Å². The third-order valence-electron chi connectivity index (χ3n) is 10.1. The fourth-order valence-electron chi connectivity index (χ4n) is 7.88. The number of aliphatic hydroxyl groups is 1. The fraction of sp³-hybridized carbons (Fsp3) is 0.606. The minimum absolute atomic E-state index is 0.170. The van der Waals surface area contributed by atoms with Crippen molar-refractivity contribution in [3.8, 4) is 11.5 Å². The highest BCUT2D eigenvalue weighted by Gasteiger charge is 2.72. The topological polar surface area (TPSA) is 196 Å². The maximum atomic E-state index is 13.4. The van der Waals surface area contributed by atoms with Crippen molar-refractivity contribution in [3.63, 3.8) is 0 Å². The summed E-state index contributed by atoms with van der Waals surface area (Å²) in [6, 6.07) is 2.16. The van der Waals surface area contributed by atoms with Crippen LogP contribution in [0.5, 0.6) is 11.5 Å². The van der Waals surface area contributed by atoms with Gasteiger partial charge in [-0.25, -0.2) is 14.4 Å². The molecule has 2 bridgehead atoms. The van der Waals surface area contributed by atoms with Gasteiger partial charge in [-0.15, -0.1) is 0 Å². The van der Waals surface area contributed by atoms with Gasteiger partial charge in [0.1, 0.15) is 11.8 Å². The number of aliphatic carboxylic acids is 1. The molecule has 1 amide bonds. The molecular formula is C33H40N2O13. The standard InChI is InChI=1S/C33H40N2O13/c1-16(44-29(40)18(7-9-24(37)38)34-23(36)15-21-30(41)48-31(2,3)47-21)28(39)45-20-10-11-33(42)22-14-17-6-8-19(43-5)26-25(17)32(33,27(20)46-26)12-13-35(22)4/h6,8,10,16,18,21-22,27,42H,7,9,11-15H2,1-5H3,(H,34,36)(H,37,38)/t16-,18-,21-,22-,27-,32-,33+/m0/s1. The van der Waals surface area contributed by atoms with E-state index < -0.39 is 83.8 Å². The molecule has 5 aliphatic rings. The number of piperidine rings is 1. The van der Waals surface area contributed by atoms with Crippen LogP contribution >= 0.6 is 0 Å². The number of likely N-dealkylation sites (tertiary alicyclic amines) is 1. The van der Waals surface area contributed by atoms with E-state index in [2.05, 4.69) is 10.2 Å². The minimum Gasteiger partial charge on any atom is -0.493 e. The van der Waals surface area contributed by atoms with Crippen LogP contribution in [0.15, 0.2) is 24.0 Å². The normalized spacial score (nSPS) is 30.5. The highest BCUT2D eigenvalue weighted by atomic mass is 16.8. The van der Waals surface area contributed by atoms with Gasteiger partial charge in [0.15, 0.2) is 29.8 Å². The van der Waals surface area contributed by atoms with E-state index in [1.165, 1.54) is 27.9 Å². The van der Waals surface area contributed by atoms with Crippen LogP contribution in [0, 0.1) is 0 Å². The number of benzene rings is 1. The molecule has 1 aromatic rings. The minimum atomic E-state index is -1.47. The zero-order valence-corrected chi connectivity index (χ0v) is 27.4. The second kappa shape index (κ2) is 12.0. The van der Waals surface area contributed by atoms with E-state index in [-0.39, 0.29) is 24.6 Å². The molecule has 2 fully saturated rings. The SMILES string of the molecule is COc1ccc2c3c1O[C@H]1C(OC(=O)[C@H](C)OC(=O)[C@H](CCC(=O)O)NC(=O)C[C@@H]4OC(C)(C)OC4=O)=CC[C@@]4(O)[C@H](C2)N(C)CC[C@]314. The van der Waals surface area contributed by atoms with Gasteiger partial charge >= 0.3 is 23.9 Å². The van der Waals surface area contributed by atoms with Crippen LogP contribution in [-0.4, -0.2) is 107 Å². The van der Waals surface area contributed by atoms with Gasteiger partial charge in [-0.3, -0.25) is 9.59 Å². The van der Waals surface area contributed by atoms with E-state index in [0.29, 0.717) is 30.9 Å². The molecule has 0 unspecified atom stereocenters. The molecule has 3 aliphatic heterocycles. The number of carbonyl (C=O) groups is 5. The number of cyclic esters (lactones) is 1. The molecule has 0 saturated carbocycles. The number of hydrogen-bond donors (Lipinski definition) is 3. The van der Waals surface area contributed by atoms with E-state index in [0.717, 1.165) is 11.1 Å². The lowest BCUT2D eigenvalue weighted by Crippen LogP contribution is -2.74. The van der Waals surface area contributed by atoms with Crippen LogP contribution in [0.1, 0.15) is 64.0 Å². The molecule has 0 radical (unpaired) electrons. The first-order chi connectivity index (χ1) is 22.6. The lowest BCUT2D eigenvalue weighted by Gasteiger charge is -2.61. The van der Waals surface area contributed by atoms with Crippen LogP contribution < -0.4 is 14.8 Å². The molecule has 2 aliphatic carbocycles. The Labute approximate surface area is 276 Å². The van der Waals surface area contributed by atoms with Gasteiger partial charge < -0.3 is 48.9 Å². The first kappa shape index (κ1) is 33.7. The molecule has 48 heavy (non-hydrogen) atoms. The summed E-state index contributed by atoms with van der Waals surface area (Å²) < 4.78 is 33.7. The van der Waals surface area contributed by atoms with E-state index in [1.54, 1.807) is 6.08 Å². The van der Waals surface area contributed by atoms with Crippen molar-refractivity contribution >= 4 is 29.8 Å². The molecule has 1 spiro atoms. The average molecular weight is 673 g/mol. The number of nitrogens with zero attached hydrogens (tertiary/aromatic N) is 1. The molecule has 260 valence electrons. The summed E-state index contributed by atoms with van der Waals surface area (Å²) in [4.78, 5) is 64.7. The number of methoxy groups -OCH3 is 1. The van der Waals surface area contributed by atoms with E-state index in [1.807, 2.05) is 19.2 Å². The van der Waals surface area contributed by atoms with Gasteiger partial charge in [0.25, 0.3) is 0 Å². The predicted octanol–water partition coefficient (Wildman–Crippen LogP) is 0.866. The average Bonchev–Trinajstić information content (AvgIpc) is 3.50. The summed E-state index contributed by atoms with van der Waals surface area (Å²) in [5.74, 6) is -4.81. The number of hydrogen-bond acceptors (Lipinski definition) is 13. The van der Waals surface area contributed by atoms with Crippen molar-refractivity contribution in [1.29, 1.82) is 0 Å². The molecule has 15 nitrogen and oxygen atoms in total. The van der Waals surface area contributed by atoms with Crippen molar-refractivity contribution in [1.82, 2.24) is 10.2 Å².